The molecular formula is C19H33N3O3. The maximum absolute atomic E-state index is 13.2. The van der Waals surface area contributed by atoms with Crippen LogP contribution >= 0.6 is 0 Å². The fourth-order valence-electron chi connectivity index (χ4n) is 3.60. The van der Waals surface area contributed by atoms with E-state index >= 15 is 0 Å². The van der Waals surface area contributed by atoms with Crippen LogP contribution in [0.4, 0.5) is 0 Å². The summed E-state index contributed by atoms with van der Waals surface area (Å²) in [5.74, 6) is -1.58. The minimum Gasteiger partial charge on any atom is -0.351 e. The average Bonchev–Trinajstić information content (AvgIpc) is 3.19. The van der Waals surface area contributed by atoms with E-state index in [1.807, 2.05) is 20.8 Å². The first kappa shape index (κ1) is 19.7. The molecule has 0 atom stereocenters. The van der Waals surface area contributed by atoms with Gasteiger partial charge in [-0.1, -0.05) is 0 Å². The van der Waals surface area contributed by atoms with Crippen LogP contribution in [0.5, 0.6) is 0 Å². The second-order valence-electron chi connectivity index (χ2n) is 8.92. The van der Waals surface area contributed by atoms with Crippen LogP contribution in [0.3, 0.4) is 0 Å². The second-order valence-corrected chi connectivity index (χ2v) is 8.92. The molecule has 0 radical (unpaired) electrons. The predicted octanol–water partition coefficient (Wildman–Crippen LogP) is 1.79. The molecule has 0 aromatic carbocycles. The first-order valence-corrected chi connectivity index (χ1v) is 9.44. The zero-order chi connectivity index (χ0) is 18.8. The molecule has 0 spiro atoms. The van der Waals surface area contributed by atoms with Crippen LogP contribution in [0.2, 0.25) is 0 Å². The minimum absolute atomic E-state index is 0.191. The molecule has 2 aliphatic rings. The van der Waals surface area contributed by atoms with Crippen molar-refractivity contribution in [1.82, 2.24) is 15.1 Å². The summed E-state index contributed by atoms with van der Waals surface area (Å²) >= 11 is 0. The Kier molecular flexibility index (Phi) is 5.79. The maximum Gasteiger partial charge on any atom is 0.236 e. The number of carbonyl (C=O) groups excluding carboxylic acids is 3. The highest BCUT2D eigenvalue weighted by Crippen LogP contribution is 2.33. The minimum atomic E-state index is -1.09. The number of rotatable bonds is 4. The molecule has 2 saturated heterocycles. The first-order chi connectivity index (χ1) is 11.5. The molecule has 6 nitrogen and oxygen atoms in total. The van der Waals surface area contributed by atoms with Gasteiger partial charge < -0.3 is 15.1 Å². The van der Waals surface area contributed by atoms with Gasteiger partial charge in [0.15, 0.2) is 0 Å². The molecule has 0 unspecified atom stereocenters. The van der Waals surface area contributed by atoms with Crippen molar-refractivity contribution in [3.05, 3.63) is 0 Å². The van der Waals surface area contributed by atoms with E-state index in [0.29, 0.717) is 26.2 Å². The van der Waals surface area contributed by atoms with E-state index in [2.05, 4.69) is 5.32 Å². The standard InChI is InChI=1S/C19H33N3O3/c1-18(2,3)20-17(25)19(4,5)14(15(23)21-10-6-7-11-21)16(24)22-12-8-9-13-22/h14H,6-13H2,1-5H3,(H,20,25). The number of hydrogen-bond donors (Lipinski definition) is 1. The lowest BCUT2D eigenvalue weighted by Crippen LogP contribution is -2.57. The Balaban J connectivity index is 2.29. The van der Waals surface area contributed by atoms with Gasteiger partial charge >= 0.3 is 0 Å². The number of nitrogens with zero attached hydrogens (tertiary/aromatic N) is 2. The normalized spacial score (nSPS) is 18.8. The number of hydrogen-bond acceptors (Lipinski definition) is 3. The van der Waals surface area contributed by atoms with E-state index in [0.717, 1.165) is 25.7 Å². The van der Waals surface area contributed by atoms with Crippen molar-refractivity contribution in [3.63, 3.8) is 0 Å². The fourth-order valence-corrected chi connectivity index (χ4v) is 3.60. The highest BCUT2D eigenvalue weighted by atomic mass is 16.2. The van der Waals surface area contributed by atoms with Crippen molar-refractivity contribution in [2.45, 2.75) is 65.8 Å². The molecule has 2 aliphatic heterocycles. The van der Waals surface area contributed by atoms with Gasteiger partial charge in [0.05, 0.1) is 5.41 Å². The molecule has 2 rings (SSSR count). The van der Waals surface area contributed by atoms with Crippen LogP contribution in [-0.4, -0.2) is 59.2 Å². The lowest BCUT2D eigenvalue weighted by Gasteiger charge is -2.37. The van der Waals surface area contributed by atoms with Gasteiger partial charge in [0.25, 0.3) is 0 Å². The van der Waals surface area contributed by atoms with Gasteiger partial charge in [0, 0.05) is 31.7 Å². The van der Waals surface area contributed by atoms with Crippen LogP contribution in [-0.2, 0) is 14.4 Å². The van der Waals surface area contributed by atoms with E-state index in [-0.39, 0.29) is 17.7 Å². The Morgan fingerprint density at radius 3 is 1.44 bits per heavy atom. The second kappa shape index (κ2) is 7.34. The van der Waals surface area contributed by atoms with Crippen molar-refractivity contribution in [3.8, 4) is 0 Å². The molecular weight excluding hydrogens is 318 g/mol. The van der Waals surface area contributed by atoms with Gasteiger partial charge in [-0.05, 0) is 60.3 Å². The molecule has 0 bridgehead atoms. The first-order valence-electron chi connectivity index (χ1n) is 9.44. The molecule has 1 N–H and O–H groups in total. The highest BCUT2D eigenvalue weighted by molar-refractivity contribution is 6.05. The van der Waals surface area contributed by atoms with Crippen LogP contribution in [0.25, 0.3) is 0 Å². The van der Waals surface area contributed by atoms with Gasteiger partial charge in [-0.3, -0.25) is 14.4 Å². The number of carbonyl (C=O) groups is 3. The molecule has 25 heavy (non-hydrogen) atoms. The summed E-state index contributed by atoms with van der Waals surface area (Å²) in [4.78, 5) is 42.7. The number of nitrogens with one attached hydrogen (secondary N) is 1. The third-order valence-corrected chi connectivity index (χ3v) is 5.12. The Morgan fingerprint density at radius 1 is 0.760 bits per heavy atom. The topological polar surface area (TPSA) is 69.7 Å². The fraction of sp³-hybridized carbons (Fsp3) is 0.842. The van der Waals surface area contributed by atoms with Crippen molar-refractivity contribution in [1.29, 1.82) is 0 Å². The number of amides is 3. The summed E-state index contributed by atoms with van der Waals surface area (Å²) in [6.45, 7) is 11.9. The van der Waals surface area contributed by atoms with Gasteiger partial charge in [0.1, 0.15) is 5.92 Å². The van der Waals surface area contributed by atoms with Crippen LogP contribution in [0.1, 0.15) is 60.3 Å². The molecule has 2 fully saturated rings. The van der Waals surface area contributed by atoms with Crippen molar-refractivity contribution >= 4 is 17.7 Å². The van der Waals surface area contributed by atoms with E-state index in [1.54, 1.807) is 23.6 Å². The third kappa shape index (κ3) is 4.53. The summed E-state index contributed by atoms with van der Waals surface area (Å²) in [5.41, 5.74) is -1.50. The monoisotopic (exact) mass is 351 g/mol. The van der Waals surface area contributed by atoms with E-state index in [1.165, 1.54) is 0 Å². The molecule has 6 heteroatoms. The maximum atomic E-state index is 13.2. The van der Waals surface area contributed by atoms with Crippen molar-refractivity contribution < 1.29 is 14.4 Å². The largest absolute Gasteiger partial charge is 0.351 e. The number of likely N-dealkylation sites (tertiary alicyclic amines) is 2. The Hall–Kier alpha value is -1.59. The van der Waals surface area contributed by atoms with Gasteiger partial charge in [0.2, 0.25) is 17.7 Å². The quantitative estimate of drug-likeness (QED) is 0.785. The van der Waals surface area contributed by atoms with Crippen molar-refractivity contribution in [2.75, 3.05) is 26.2 Å². The highest BCUT2D eigenvalue weighted by Gasteiger charge is 2.49. The average molecular weight is 351 g/mol. The zero-order valence-corrected chi connectivity index (χ0v) is 16.4. The SMILES string of the molecule is CC(C)(C)NC(=O)C(C)(C)C(C(=O)N1CCCC1)C(=O)N1CCCC1. The molecule has 2 heterocycles. The summed E-state index contributed by atoms with van der Waals surface area (Å²) in [6, 6.07) is 0. The van der Waals surface area contributed by atoms with E-state index in [4.69, 9.17) is 0 Å². The van der Waals surface area contributed by atoms with Crippen molar-refractivity contribution in [2.24, 2.45) is 11.3 Å². The summed E-state index contributed by atoms with van der Waals surface area (Å²) in [7, 11) is 0. The molecule has 142 valence electrons. The van der Waals surface area contributed by atoms with Crippen LogP contribution in [0.15, 0.2) is 0 Å². The van der Waals surface area contributed by atoms with E-state index < -0.39 is 16.9 Å². The summed E-state index contributed by atoms with van der Waals surface area (Å²) in [6.07, 6.45) is 3.85. The Morgan fingerprint density at radius 2 is 1.12 bits per heavy atom. The molecule has 0 aromatic heterocycles. The third-order valence-electron chi connectivity index (χ3n) is 5.12. The Labute approximate surface area is 151 Å². The van der Waals surface area contributed by atoms with Gasteiger partial charge in [-0.2, -0.15) is 0 Å². The molecule has 0 aliphatic carbocycles. The zero-order valence-electron chi connectivity index (χ0n) is 16.4. The van der Waals surface area contributed by atoms with Gasteiger partial charge in [-0.25, -0.2) is 0 Å². The summed E-state index contributed by atoms with van der Waals surface area (Å²) < 4.78 is 0. The molecule has 0 aromatic rings. The smallest absolute Gasteiger partial charge is 0.236 e. The molecule has 0 saturated carbocycles. The Bertz CT molecular complexity index is 497. The lowest BCUT2D eigenvalue weighted by molar-refractivity contribution is -0.157. The van der Waals surface area contributed by atoms with Crippen LogP contribution < -0.4 is 5.32 Å². The van der Waals surface area contributed by atoms with Gasteiger partial charge in [-0.15, -0.1) is 0 Å². The lowest BCUT2D eigenvalue weighted by atomic mass is 9.75. The van der Waals surface area contributed by atoms with E-state index in [9.17, 15) is 14.4 Å². The summed E-state index contributed by atoms with van der Waals surface area (Å²) in [5, 5.41) is 2.95. The predicted molar refractivity (Wildman–Crippen MR) is 96.8 cm³/mol. The molecule has 3 amide bonds. The van der Waals surface area contributed by atoms with Crippen LogP contribution in [0, 0.1) is 11.3 Å².